The molecule has 31 heavy (non-hydrogen) atoms. The molecule has 1 fully saturated rings. The maximum absolute atomic E-state index is 11.5. The van der Waals surface area contributed by atoms with Crippen LogP contribution < -0.4 is 9.64 Å². The van der Waals surface area contributed by atoms with Gasteiger partial charge in [-0.1, -0.05) is 29.3 Å². The fourth-order valence-corrected chi connectivity index (χ4v) is 4.26. The van der Waals surface area contributed by atoms with E-state index in [9.17, 15) is 4.79 Å². The van der Waals surface area contributed by atoms with Crippen LogP contribution in [0.15, 0.2) is 61.2 Å². The standard InChI is InChI=1S/C23H24Cl2N4O2/c1-17(30)28-10-12-29(13-11-28)19-3-5-20(6-4-19)31-23(15-27-9-8-26-16-27)21-7-2-18(24)14-22(21)25/h2-9,14,16,23H,10-13,15H2,1H3. The molecule has 0 radical (unpaired) electrons. The van der Waals surface area contributed by atoms with Crippen molar-refractivity contribution in [1.82, 2.24) is 14.5 Å². The second-order valence-corrected chi connectivity index (χ2v) is 8.36. The third kappa shape index (κ3) is 5.32. The second kappa shape index (κ2) is 9.62. The minimum absolute atomic E-state index is 0.133. The first-order valence-corrected chi connectivity index (χ1v) is 10.9. The number of piperazine rings is 1. The number of hydrogen-bond donors (Lipinski definition) is 0. The number of carbonyl (C=O) groups is 1. The van der Waals surface area contributed by atoms with Crippen molar-refractivity contribution in [3.05, 3.63) is 76.8 Å². The van der Waals surface area contributed by atoms with Crippen LogP contribution in [0.1, 0.15) is 18.6 Å². The van der Waals surface area contributed by atoms with Crippen molar-refractivity contribution >= 4 is 34.8 Å². The number of imidazole rings is 1. The maximum Gasteiger partial charge on any atom is 0.219 e. The van der Waals surface area contributed by atoms with Gasteiger partial charge in [-0.15, -0.1) is 0 Å². The molecule has 1 aliphatic rings. The average molecular weight is 459 g/mol. The van der Waals surface area contributed by atoms with E-state index in [1.807, 2.05) is 39.9 Å². The monoisotopic (exact) mass is 458 g/mol. The summed E-state index contributed by atoms with van der Waals surface area (Å²) in [7, 11) is 0. The molecule has 1 atom stereocenters. The molecular formula is C23H24Cl2N4O2. The van der Waals surface area contributed by atoms with E-state index in [4.69, 9.17) is 27.9 Å². The molecule has 0 bridgehead atoms. The second-order valence-electron chi connectivity index (χ2n) is 7.52. The molecule has 0 saturated carbocycles. The number of nitrogens with zero attached hydrogens (tertiary/aromatic N) is 4. The lowest BCUT2D eigenvalue weighted by Gasteiger charge is -2.35. The van der Waals surface area contributed by atoms with Gasteiger partial charge in [-0.3, -0.25) is 4.79 Å². The third-order valence-corrected chi connectivity index (χ3v) is 6.01. The molecule has 1 aliphatic heterocycles. The predicted molar refractivity (Wildman–Crippen MR) is 123 cm³/mol. The van der Waals surface area contributed by atoms with Gasteiger partial charge in [0.2, 0.25) is 5.91 Å². The summed E-state index contributed by atoms with van der Waals surface area (Å²) in [5.41, 5.74) is 1.98. The minimum Gasteiger partial charge on any atom is -0.484 e. The lowest BCUT2D eigenvalue weighted by molar-refractivity contribution is -0.129. The first-order valence-electron chi connectivity index (χ1n) is 10.2. The van der Waals surface area contributed by atoms with Crippen LogP contribution in [0.25, 0.3) is 0 Å². The average Bonchev–Trinajstić information content (AvgIpc) is 3.27. The molecule has 162 valence electrons. The van der Waals surface area contributed by atoms with Crippen LogP contribution in [0.2, 0.25) is 10.0 Å². The fraction of sp³-hybridized carbons (Fsp3) is 0.304. The first kappa shape index (κ1) is 21.5. The summed E-state index contributed by atoms with van der Waals surface area (Å²) >= 11 is 12.5. The van der Waals surface area contributed by atoms with Crippen molar-refractivity contribution < 1.29 is 9.53 Å². The zero-order valence-corrected chi connectivity index (χ0v) is 18.8. The van der Waals surface area contributed by atoms with Gasteiger partial charge in [0.05, 0.1) is 12.9 Å². The summed E-state index contributed by atoms with van der Waals surface area (Å²) in [5.74, 6) is 0.885. The summed E-state index contributed by atoms with van der Waals surface area (Å²) in [6.07, 6.45) is 5.08. The molecule has 3 aromatic rings. The molecule has 1 unspecified atom stereocenters. The maximum atomic E-state index is 11.5. The molecule has 1 aromatic heterocycles. The number of amides is 1. The normalized spacial score (nSPS) is 15.1. The Bertz CT molecular complexity index is 1020. The van der Waals surface area contributed by atoms with E-state index in [0.29, 0.717) is 16.6 Å². The Balaban J connectivity index is 1.48. The van der Waals surface area contributed by atoms with E-state index >= 15 is 0 Å². The predicted octanol–water partition coefficient (Wildman–Crippen LogP) is 4.68. The van der Waals surface area contributed by atoms with Crippen LogP contribution in [-0.4, -0.2) is 46.5 Å². The first-order chi connectivity index (χ1) is 15.0. The van der Waals surface area contributed by atoms with Gasteiger partial charge in [0.25, 0.3) is 0 Å². The minimum atomic E-state index is -0.302. The molecule has 2 aromatic carbocycles. The lowest BCUT2D eigenvalue weighted by atomic mass is 10.1. The van der Waals surface area contributed by atoms with Crippen molar-refractivity contribution in [1.29, 1.82) is 0 Å². The number of halogens is 2. The summed E-state index contributed by atoms with van der Waals surface area (Å²) < 4.78 is 8.29. The molecule has 8 heteroatoms. The van der Waals surface area contributed by atoms with Crippen molar-refractivity contribution in [3.63, 3.8) is 0 Å². The van der Waals surface area contributed by atoms with Gasteiger partial charge in [0, 0.05) is 66.8 Å². The molecule has 0 spiro atoms. The largest absolute Gasteiger partial charge is 0.484 e. The van der Waals surface area contributed by atoms with Gasteiger partial charge in [-0.2, -0.15) is 0 Å². The summed E-state index contributed by atoms with van der Waals surface area (Å²) in [6, 6.07) is 13.5. The van der Waals surface area contributed by atoms with Crippen molar-refractivity contribution in [3.8, 4) is 5.75 Å². The Morgan fingerprint density at radius 2 is 1.84 bits per heavy atom. The number of anilines is 1. The smallest absolute Gasteiger partial charge is 0.219 e. The summed E-state index contributed by atoms with van der Waals surface area (Å²) in [5, 5.41) is 1.15. The molecular weight excluding hydrogens is 435 g/mol. The van der Waals surface area contributed by atoms with Crippen LogP contribution >= 0.6 is 23.2 Å². The highest BCUT2D eigenvalue weighted by Gasteiger charge is 2.20. The van der Waals surface area contributed by atoms with E-state index in [0.717, 1.165) is 43.2 Å². The summed E-state index contributed by atoms with van der Waals surface area (Å²) in [6.45, 7) is 5.32. The van der Waals surface area contributed by atoms with Gasteiger partial charge in [0.15, 0.2) is 0 Å². The highest BCUT2D eigenvalue weighted by atomic mass is 35.5. The lowest BCUT2D eigenvalue weighted by Crippen LogP contribution is -2.48. The van der Waals surface area contributed by atoms with Crippen LogP contribution in [0.3, 0.4) is 0 Å². The van der Waals surface area contributed by atoms with Crippen LogP contribution in [0.4, 0.5) is 5.69 Å². The quantitative estimate of drug-likeness (QED) is 0.537. The third-order valence-electron chi connectivity index (χ3n) is 5.45. The van der Waals surface area contributed by atoms with E-state index < -0.39 is 0 Å². The van der Waals surface area contributed by atoms with Gasteiger partial charge in [-0.25, -0.2) is 4.98 Å². The molecule has 0 aliphatic carbocycles. The summed E-state index contributed by atoms with van der Waals surface area (Å²) in [4.78, 5) is 19.8. The Morgan fingerprint density at radius 3 is 2.45 bits per heavy atom. The number of aromatic nitrogens is 2. The number of hydrogen-bond acceptors (Lipinski definition) is 4. The number of carbonyl (C=O) groups excluding carboxylic acids is 1. The number of ether oxygens (including phenoxy) is 1. The zero-order chi connectivity index (χ0) is 21.8. The molecule has 1 saturated heterocycles. The van der Waals surface area contributed by atoms with E-state index in [2.05, 4.69) is 22.0 Å². The van der Waals surface area contributed by atoms with Gasteiger partial charge in [-0.05, 0) is 36.4 Å². The molecule has 1 amide bonds. The highest BCUT2D eigenvalue weighted by Crippen LogP contribution is 2.32. The Kier molecular flexibility index (Phi) is 6.68. The molecule has 6 nitrogen and oxygen atoms in total. The number of rotatable bonds is 6. The van der Waals surface area contributed by atoms with E-state index in [1.54, 1.807) is 25.5 Å². The topological polar surface area (TPSA) is 50.6 Å². The van der Waals surface area contributed by atoms with Gasteiger partial charge >= 0.3 is 0 Å². The fourth-order valence-electron chi connectivity index (χ4n) is 3.73. The molecule has 0 N–H and O–H groups in total. The molecule has 4 rings (SSSR count). The Morgan fingerprint density at radius 1 is 1.10 bits per heavy atom. The van der Waals surface area contributed by atoms with Gasteiger partial charge in [0.1, 0.15) is 11.9 Å². The van der Waals surface area contributed by atoms with E-state index in [-0.39, 0.29) is 12.0 Å². The van der Waals surface area contributed by atoms with Crippen LogP contribution in [0.5, 0.6) is 5.75 Å². The highest BCUT2D eigenvalue weighted by molar-refractivity contribution is 6.35. The van der Waals surface area contributed by atoms with Crippen LogP contribution in [0, 0.1) is 0 Å². The molecule has 2 heterocycles. The number of benzene rings is 2. The Hall–Kier alpha value is -2.70. The van der Waals surface area contributed by atoms with Crippen molar-refractivity contribution in [2.75, 3.05) is 31.1 Å². The van der Waals surface area contributed by atoms with Crippen molar-refractivity contribution in [2.24, 2.45) is 0 Å². The Labute approximate surface area is 191 Å². The van der Waals surface area contributed by atoms with Crippen LogP contribution in [-0.2, 0) is 11.3 Å². The zero-order valence-electron chi connectivity index (χ0n) is 17.2. The van der Waals surface area contributed by atoms with Crippen molar-refractivity contribution in [2.45, 2.75) is 19.6 Å². The SMILES string of the molecule is CC(=O)N1CCN(c2ccc(OC(Cn3ccnc3)c3ccc(Cl)cc3Cl)cc2)CC1. The van der Waals surface area contributed by atoms with E-state index in [1.165, 1.54) is 0 Å². The van der Waals surface area contributed by atoms with Gasteiger partial charge < -0.3 is 19.1 Å².